The van der Waals surface area contributed by atoms with Crippen molar-refractivity contribution in [3.05, 3.63) is 127 Å². The van der Waals surface area contributed by atoms with E-state index < -0.39 is 5.97 Å². The summed E-state index contributed by atoms with van der Waals surface area (Å²) in [7, 11) is 0. The number of carbonyl (C=O) groups excluding carboxylic acids is 1. The van der Waals surface area contributed by atoms with Crippen molar-refractivity contribution in [2.45, 2.75) is 79.6 Å². The molecule has 0 spiro atoms. The molecule has 3 aromatic carbocycles. The minimum absolute atomic E-state index is 0.261. The van der Waals surface area contributed by atoms with Crippen LogP contribution in [0, 0.1) is 13.8 Å². The Kier molecular flexibility index (Phi) is 13.1. The molecule has 0 saturated heterocycles. The lowest BCUT2D eigenvalue weighted by atomic mass is 9.85. The van der Waals surface area contributed by atoms with E-state index in [1.807, 2.05) is 58.0 Å². The number of halogens is 2. The molecule has 3 aromatic rings. The van der Waals surface area contributed by atoms with E-state index in [4.69, 9.17) is 34.3 Å². The number of carboxylic acids is 1. The second-order valence-corrected chi connectivity index (χ2v) is 12.3. The molecule has 1 aliphatic carbocycles. The van der Waals surface area contributed by atoms with Crippen LogP contribution in [0.1, 0.15) is 97.5 Å². The molecule has 0 fully saturated rings. The summed E-state index contributed by atoms with van der Waals surface area (Å²) in [4.78, 5) is 10.6. The van der Waals surface area contributed by atoms with Crippen LogP contribution in [0.5, 0.6) is 0 Å². The standard InChI is InChI=1S/C23H22Cl2N2.C15H22O2/c1-12-8-16(9-13(2)22(12)26)20(21-18(24)6-5-7-19(21)25)17-10-14(3)23(27)15(4)11-17;1-2-3-4-5-6-7-8-13-9-11-14(12-10-13)15(16)17/h5-11,26H,27H2,1-4H3;9-12H,2-8H2,1H3,(H,16,17). The van der Waals surface area contributed by atoms with E-state index in [2.05, 4.69) is 31.2 Å². The Morgan fingerprint density at radius 2 is 1.32 bits per heavy atom. The van der Waals surface area contributed by atoms with E-state index in [1.165, 1.54) is 44.1 Å². The molecule has 0 heterocycles. The van der Waals surface area contributed by atoms with Crippen LogP contribution >= 0.6 is 23.2 Å². The van der Waals surface area contributed by atoms with Gasteiger partial charge in [-0.3, -0.25) is 5.41 Å². The van der Waals surface area contributed by atoms with Crippen molar-refractivity contribution in [3.8, 4) is 0 Å². The molecule has 0 bridgehead atoms. The smallest absolute Gasteiger partial charge is 0.202 e. The fraction of sp³-hybridized carbons (Fsp3) is 0.316. The molecule has 0 aromatic heterocycles. The summed E-state index contributed by atoms with van der Waals surface area (Å²) in [5.74, 6) is -1.10. The third kappa shape index (κ3) is 9.20. The quantitative estimate of drug-likeness (QED) is 0.175. The first-order valence-corrected chi connectivity index (χ1v) is 16.1. The summed E-state index contributed by atoms with van der Waals surface area (Å²) >= 11 is 13.2. The number of nitrogen functional groups attached to an aromatic ring is 1. The third-order valence-corrected chi connectivity index (χ3v) is 8.62. The molecule has 0 saturated carbocycles. The molecular formula is C38H44Cl2N2O2. The Labute approximate surface area is 272 Å². The van der Waals surface area contributed by atoms with E-state index in [0.717, 1.165) is 62.4 Å². The maximum atomic E-state index is 10.6. The lowest BCUT2D eigenvalue weighted by molar-refractivity contribution is -0.255. The maximum Gasteiger partial charge on any atom is 0.202 e. The highest BCUT2D eigenvalue weighted by Crippen LogP contribution is 2.40. The summed E-state index contributed by atoms with van der Waals surface area (Å²) in [6.07, 6.45) is 12.9. The molecule has 0 unspecified atom stereocenters. The summed E-state index contributed by atoms with van der Waals surface area (Å²) in [5, 5.41) is 18.0. The molecular weight excluding hydrogens is 587 g/mol. The SMILES string of the molecule is CC1=CC(=C(c2cc(C)c(N)c(C)c2)c2c(Cl)cccc2Cl)C=C(C)C1=[NH2+].CCCCCCCCc1ccc(C(=O)[O-])cc1. The van der Waals surface area contributed by atoms with Gasteiger partial charge < -0.3 is 15.6 Å². The number of hydrogen-bond donors (Lipinski definition) is 2. The average Bonchev–Trinajstić information content (AvgIpc) is 2.98. The summed E-state index contributed by atoms with van der Waals surface area (Å²) in [6.45, 7) is 10.3. The Hall–Kier alpha value is -3.60. The van der Waals surface area contributed by atoms with Crippen LogP contribution in [-0.2, 0) is 6.42 Å². The number of aryl methyl sites for hydroxylation is 3. The predicted molar refractivity (Wildman–Crippen MR) is 185 cm³/mol. The fourth-order valence-corrected chi connectivity index (χ4v) is 5.93. The number of carbonyl (C=O) groups is 1. The first-order valence-electron chi connectivity index (χ1n) is 15.3. The normalized spacial score (nSPS) is 12.7. The number of hydrogen-bond acceptors (Lipinski definition) is 3. The van der Waals surface area contributed by atoms with Crippen molar-refractivity contribution in [3.63, 3.8) is 0 Å². The van der Waals surface area contributed by atoms with Crippen LogP contribution < -0.4 is 16.2 Å². The van der Waals surface area contributed by atoms with Crippen LogP contribution in [-0.4, -0.2) is 11.7 Å². The van der Waals surface area contributed by atoms with Gasteiger partial charge in [-0.25, -0.2) is 0 Å². The van der Waals surface area contributed by atoms with Gasteiger partial charge in [0.25, 0.3) is 0 Å². The minimum atomic E-state index is -1.10. The molecule has 4 rings (SSSR count). The van der Waals surface area contributed by atoms with Gasteiger partial charge in [-0.05, 0) is 116 Å². The van der Waals surface area contributed by atoms with Crippen LogP contribution in [0.2, 0.25) is 10.0 Å². The van der Waals surface area contributed by atoms with Gasteiger partial charge in [0.1, 0.15) is 0 Å². The Morgan fingerprint density at radius 1 is 0.795 bits per heavy atom. The zero-order chi connectivity index (χ0) is 32.4. The topological polar surface area (TPSA) is 91.7 Å². The third-order valence-electron chi connectivity index (χ3n) is 7.99. The van der Waals surface area contributed by atoms with E-state index in [0.29, 0.717) is 10.0 Å². The Bertz CT molecular complexity index is 1530. The first kappa shape index (κ1) is 34.9. The summed E-state index contributed by atoms with van der Waals surface area (Å²) in [6, 6.07) is 16.8. The number of allylic oxidation sites excluding steroid dienone is 5. The summed E-state index contributed by atoms with van der Waals surface area (Å²) in [5.41, 5.74) is 17.2. The van der Waals surface area contributed by atoms with Gasteiger partial charge in [-0.2, -0.15) is 0 Å². The molecule has 6 heteroatoms. The molecule has 0 aliphatic heterocycles. The molecule has 0 radical (unpaired) electrons. The number of rotatable bonds is 10. The van der Waals surface area contributed by atoms with Crippen LogP contribution in [0.4, 0.5) is 5.69 Å². The molecule has 0 amide bonds. The average molecular weight is 632 g/mol. The highest BCUT2D eigenvalue weighted by Gasteiger charge is 2.22. The van der Waals surface area contributed by atoms with Gasteiger partial charge in [0, 0.05) is 32.4 Å². The second kappa shape index (κ2) is 16.5. The van der Waals surface area contributed by atoms with Gasteiger partial charge in [0.15, 0.2) is 0 Å². The molecule has 4 nitrogen and oxygen atoms in total. The van der Waals surface area contributed by atoms with Crippen molar-refractivity contribution < 1.29 is 15.3 Å². The highest BCUT2D eigenvalue weighted by molar-refractivity contribution is 6.38. The zero-order valence-corrected chi connectivity index (χ0v) is 28.0. The zero-order valence-electron chi connectivity index (χ0n) is 26.5. The van der Waals surface area contributed by atoms with Crippen molar-refractivity contribution >= 4 is 46.1 Å². The van der Waals surface area contributed by atoms with E-state index in [1.54, 1.807) is 12.1 Å². The van der Waals surface area contributed by atoms with Crippen molar-refractivity contribution in [2.75, 3.05) is 5.73 Å². The molecule has 4 N–H and O–H groups in total. The number of anilines is 1. The summed E-state index contributed by atoms with van der Waals surface area (Å²) < 4.78 is 0. The lowest BCUT2D eigenvalue weighted by Gasteiger charge is -2.19. The van der Waals surface area contributed by atoms with Crippen molar-refractivity contribution in [1.82, 2.24) is 0 Å². The second-order valence-electron chi connectivity index (χ2n) is 11.5. The number of unbranched alkanes of at least 4 members (excludes halogenated alkanes) is 5. The van der Waals surface area contributed by atoms with Crippen molar-refractivity contribution in [2.24, 2.45) is 0 Å². The molecule has 232 valence electrons. The molecule has 1 aliphatic rings. The lowest BCUT2D eigenvalue weighted by Crippen LogP contribution is -2.41. The van der Waals surface area contributed by atoms with Crippen LogP contribution in [0.15, 0.2) is 83.5 Å². The van der Waals surface area contributed by atoms with Crippen molar-refractivity contribution in [1.29, 1.82) is 0 Å². The van der Waals surface area contributed by atoms with Gasteiger partial charge in [0.05, 0.1) is 5.97 Å². The molecule has 0 atom stereocenters. The minimum Gasteiger partial charge on any atom is -0.545 e. The molecule has 44 heavy (non-hydrogen) atoms. The van der Waals surface area contributed by atoms with E-state index in [-0.39, 0.29) is 5.56 Å². The largest absolute Gasteiger partial charge is 0.545 e. The van der Waals surface area contributed by atoms with Gasteiger partial charge in [0.2, 0.25) is 5.71 Å². The fourth-order valence-electron chi connectivity index (χ4n) is 5.35. The Balaban J connectivity index is 0.000000269. The number of carboxylic acid groups (broad SMARTS) is 1. The van der Waals surface area contributed by atoms with Gasteiger partial charge in [-0.15, -0.1) is 0 Å². The van der Waals surface area contributed by atoms with Crippen LogP contribution in [0.25, 0.3) is 5.57 Å². The van der Waals surface area contributed by atoms with Gasteiger partial charge in [-0.1, -0.05) is 92.6 Å². The van der Waals surface area contributed by atoms with E-state index >= 15 is 0 Å². The first-order chi connectivity index (χ1) is 20.9. The van der Waals surface area contributed by atoms with Crippen LogP contribution in [0.3, 0.4) is 0 Å². The highest BCUT2D eigenvalue weighted by atomic mass is 35.5. The monoisotopic (exact) mass is 630 g/mol. The number of aromatic carboxylic acids is 1. The predicted octanol–water partition coefficient (Wildman–Crippen LogP) is 8.05. The maximum absolute atomic E-state index is 10.6. The van der Waals surface area contributed by atoms with E-state index in [9.17, 15) is 9.90 Å². The number of benzene rings is 3. The van der Waals surface area contributed by atoms with Gasteiger partial charge >= 0.3 is 0 Å². The Morgan fingerprint density at radius 3 is 1.84 bits per heavy atom. The number of nitrogens with two attached hydrogens (primary N) is 2.